The number of likely N-dealkylation sites (N-methyl/N-ethyl adjacent to an activating group) is 1. The number of rotatable bonds is 5. The number of nitrogens with zero attached hydrogens (tertiary/aromatic N) is 4. The first-order chi connectivity index (χ1) is 13.3. The number of anilines is 1. The molecule has 0 aliphatic heterocycles. The molecule has 0 N–H and O–H groups in total. The van der Waals surface area contributed by atoms with Gasteiger partial charge in [-0.25, -0.2) is 9.97 Å². The zero-order valence-corrected chi connectivity index (χ0v) is 17.5. The van der Waals surface area contributed by atoms with E-state index in [1.165, 1.54) is 15.9 Å². The third-order valence-corrected chi connectivity index (χ3v) is 5.22. The first-order valence-corrected chi connectivity index (χ1v) is 9.93. The lowest BCUT2D eigenvalue weighted by atomic mass is 9.92. The fourth-order valence-corrected chi connectivity index (χ4v) is 3.70. The fourth-order valence-electron chi connectivity index (χ4n) is 2.98. The standard InChI is InChI=1S/C20H24N4O3S/c1-6-23(19-21-9-10-28-19)16(25)12-24-15-11-13(27-5)7-8-14(15)22-17(18(24)26)20(2,3)4/h7-11H,6,12H2,1-5H3. The largest absolute Gasteiger partial charge is 0.497 e. The van der Waals surface area contributed by atoms with E-state index in [1.807, 2.05) is 39.1 Å². The molecular formula is C20H24N4O3S. The van der Waals surface area contributed by atoms with Gasteiger partial charge in [0.1, 0.15) is 18.0 Å². The van der Waals surface area contributed by atoms with Crippen molar-refractivity contribution in [3.63, 3.8) is 0 Å². The van der Waals surface area contributed by atoms with Crippen LogP contribution in [0.5, 0.6) is 5.75 Å². The number of benzene rings is 1. The molecule has 0 saturated carbocycles. The molecule has 7 nitrogen and oxygen atoms in total. The van der Waals surface area contributed by atoms with Crippen molar-refractivity contribution in [3.8, 4) is 5.75 Å². The maximum Gasteiger partial charge on any atom is 0.273 e. The Bertz CT molecular complexity index is 1050. The number of ether oxygens (including phenoxy) is 1. The SMILES string of the molecule is CCN(C(=O)Cn1c(=O)c(C(C)(C)C)nc2ccc(OC)cc21)c1nccs1. The first-order valence-electron chi connectivity index (χ1n) is 9.05. The van der Waals surface area contributed by atoms with Gasteiger partial charge in [-0.05, 0) is 19.1 Å². The summed E-state index contributed by atoms with van der Waals surface area (Å²) in [7, 11) is 1.56. The second kappa shape index (κ2) is 7.71. The predicted molar refractivity (Wildman–Crippen MR) is 111 cm³/mol. The van der Waals surface area contributed by atoms with Crippen molar-refractivity contribution in [1.29, 1.82) is 0 Å². The second-order valence-corrected chi connectivity index (χ2v) is 8.28. The van der Waals surface area contributed by atoms with E-state index in [1.54, 1.807) is 30.3 Å². The van der Waals surface area contributed by atoms with Crippen LogP contribution < -0.4 is 15.2 Å². The number of hydrogen-bond acceptors (Lipinski definition) is 6. The number of carbonyl (C=O) groups is 1. The second-order valence-electron chi connectivity index (χ2n) is 7.41. The molecule has 0 saturated heterocycles. The van der Waals surface area contributed by atoms with Crippen LogP contribution in [0.2, 0.25) is 0 Å². The highest BCUT2D eigenvalue weighted by atomic mass is 32.1. The Morgan fingerprint density at radius 3 is 2.64 bits per heavy atom. The summed E-state index contributed by atoms with van der Waals surface area (Å²) in [6.45, 7) is 8.07. The number of carbonyl (C=O) groups excluding carboxylic acids is 1. The van der Waals surface area contributed by atoms with Crippen LogP contribution in [0.1, 0.15) is 33.4 Å². The Hall–Kier alpha value is -2.74. The van der Waals surface area contributed by atoms with Gasteiger partial charge in [-0.15, -0.1) is 11.3 Å². The Balaban J connectivity index is 2.15. The van der Waals surface area contributed by atoms with Gasteiger partial charge in [0.25, 0.3) is 5.56 Å². The summed E-state index contributed by atoms with van der Waals surface area (Å²) in [4.78, 5) is 36.7. The van der Waals surface area contributed by atoms with Crippen LogP contribution in [0.15, 0.2) is 34.6 Å². The average Bonchev–Trinajstić information content (AvgIpc) is 3.17. The molecular weight excluding hydrogens is 376 g/mol. The normalized spacial score (nSPS) is 11.6. The lowest BCUT2D eigenvalue weighted by Crippen LogP contribution is -2.39. The van der Waals surface area contributed by atoms with Crippen molar-refractivity contribution < 1.29 is 9.53 Å². The minimum Gasteiger partial charge on any atom is -0.497 e. The van der Waals surface area contributed by atoms with E-state index in [9.17, 15) is 9.59 Å². The summed E-state index contributed by atoms with van der Waals surface area (Å²) in [5.41, 5.74) is 0.929. The van der Waals surface area contributed by atoms with E-state index in [-0.39, 0.29) is 18.0 Å². The Labute approximate surface area is 167 Å². The Kier molecular flexibility index (Phi) is 5.51. The van der Waals surface area contributed by atoms with Crippen LogP contribution in [0, 0.1) is 0 Å². The number of thiazole rings is 1. The topological polar surface area (TPSA) is 77.3 Å². The molecule has 8 heteroatoms. The van der Waals surface area contributed by atoms with Crippen molar-refractivity contribution in [2.45, 2.75) is 39.7 Å². The molecule has 0 unspecified atom stereocenters. The van der Waals surface area contributed by atoms with Crippen molar-refractivity contribution in [1.82, 2.24) is 14.5 Å². The fraction of sp³-hybridized carbons (Fsp3) is 0.400. The Morgan fingerprint density at radius 2 is 2.07 bits per heavy atom. The monoisotopic (exact) mass is 400 g/mol. The molecule has 2 heterocycles. The van der Waals surface area contributed by atoms with Crippen LogP contribution in [0.25, 0.3) is 11.0 Å². The summed E-state index contributed by atoms with van der Waals surface area (Å²) in [6, 6.07) is 5.34. The van der Waals surface area contributed by atoms with Gasteiger partial charge in [0, 0.05) is 29.6 Å². The molecule has 148 valence electrons. The zero-order chi connectivity index (χ0) is 20.5. The minimum atomic E-state index is -0.449. The molecule has 2 aromatic heterocycles. The van der Waals surface area contributed by atoms with E-state index in [4.69, 9.17) is 4.74 Å². The van der Waals surface area contributed by atoms with Crippen molar-refractivity contribution in [3.05, 3.63) is 45.8 Å². The molecule has 1 amide bonds. The maximum atomic E-state index is 13.2. The van der Waals surface area contributed by atoms with E-state index in [2.05, 4.69) is 9.97 Å². The molecule has 0 aliphatic rings. The van der Waals surface area contributed by atoms with Gasteiger partial charge in [-0.3, -0.25) is 19.1 Å². The quantitative estimate of drug-likeness (QED) is 0.657. The highest BCUT2D eigenvalue weighted by Gasteiger charge is 2.25. The number of methoxy groups -OCH3 is 1. The van der Waals surface area contributed by atoms with Gasteiger partial charge in [0.05, 0.1) is 18.1 Å². The molecule has 0 aliphatic carbocycles. The van der Waals surface area contributed by atoms with Crippen LogP contribution in [0.4, 0.5) is 5.13 Å². The van der Waals surface area contributed by atoms with Gasteiger partial charge in [0.15, 0.2) is 5.13 Å². The van der Waals surface area contributed by atoms with Gasteiger partial charge in [-0.1, -0.05) is 20.8 Å². The van der Waals surface area contributed by atoms with Crippen LogP contribution >= 0.6 is 11.3 Å². The van der Waals surface area contributed by atoms with Crippen molar-refractivity contribution in [2.75, 3.05) is 18.6 Å². The van der Waals surface area contributed by atoms with E-state index >= 15 is 0 Å². The van der Waals surface area contributed by atoms with Crippen LogP contribution in [-0.4, -0.2) is 34.1 Å². The number of amides is 1. The predicted octanol–water partition coefficient (Wildman–Crippen LogP) is 3.21. The Morgan fingerprint density at radius 1 is 1.32 bits per heavy atom. The minimum absolute atomic E-state index is 0.0957. The summed E-state index contributed by atoms with van der Waals surface area (Å²) in [5, 5.41) is 2.44. The highest BCUT2D eigenvalue weighted by molar-refractivity contribution is 7.13. The highest BCUT2D eigenvalue weighted by Crippen LogP contribution is 2.24. The summed E-state index contributed by atoms with van der Waals surface area (Å²) < 4.78 is 6.79. The third kappa shape index (κ3) is 3.77. The van der Waals surface area contributed by atoms with E-state index in [0.717, 1.165) is 0 Å². The van der Waals surface area contributed by atoms with Gasteiger partial charge in [-0.2, -0.15) is 0 Å². The van der Waals surface area contributed by atoms with Crippen molar-refractivity contribution in [2.24, 2.45) is 0 Å². The zero-order valence-electron chi connectivity index (χ0n) is 16.7. The van der Waals surface area contributed by atoms with E-state index < -0.39 is 5.41 Å². The summed E-state index contributed by atoms with van der Waals surface area (Å²) >= 11 is 1.39. The summed E-state index contributed by atoms with van der Waals surface area (Å²) in [6.07, 6.45) is 1.66. The smallest absolute Gasteiger partial charge is 0.273 e. The van der Waals surface area contributed by atoms with Gasteiger partial charge >= 0.3 is 0 Å². The number of hydrogen-bond donors (Lipinski definition) is 0. The molecule has 0 bridgehead atoms. The first kappa shape index (κ1) is 20.0. The third-order valence-electron chi connectivity index (χ3n) is 4.42. The maximum absolute atomic E-state index is 13.2. The molecule has 0 spiro atoms. The lowest BCUT2D eigenvalue weighted by Gasteiger charge is -2.22. The molecule has 0 atom stereocenters. The average molecular weight is 401 g/mol. The van der Waals surface area contributed by atoms with Crippen molar-refractivity contribution >= 4 is 33.4 Å². The molecule has 0 fully saturated rings. The number of aromatic nitrogens is 3. The summed E-state index contributed by atoms with van der Waals surface area (Å²) in [5.74, 6) is 0.403. The van der Waals surface area contributed by atoms with Crippen LogP contribution in [-0.2, 0) is 16.8 Å². The molecule has 28 heavy (non-hydrogen) atoms. The lowest BCUT2D eigenvalue weighted by molar-refractivity contribution is -0.119. The van der Waals surface area contributed by atoms with Gasteiger partial charge in [0.2, 0.25) is 5.91 Å². The van der Waals surface area contributed by atoms with E-state index in [0.29, 0.717) is 34.2 Å². The number of fused-ring (bicyclic) bond motifs is 1. The van der Waals surface area contributed by atoms with Crippen LogP contribution in [0.3, 0.4) is 0 Å². The molecule has 0 radical (unpaired) electrons. The molecule has 3 rings (SSSR count). The van der Waals surface area contributed by atoms with Gasteiger partial charge < -0.3 is 4.74 Å². The molecule has 3 aromatic rings. The molecule has 1 aromatic carbocycles.